The first-order valence-electron chi connectivity index (χ1n) is 12.2. The number of hydrogen-bond acceptors (Lipinski definition) is 4. The van der Waals surface area contributed by atoms with Crippen molar-refractivity contribution < 1.29 is 19.1 Å². The van der Waals surface area contributed by atoms with Gasteiger partial charge in [0.25, 0.3) is 0 Å². The van der Waals surface area contributed by atoms with Crippen molar-refractivity contribution in [1.82, 2.24) is 15.5 Å². The van der Waals surface area contributed by atoms with E-state index in [0.29, 0.717) is 23.5 Å². The lowest BCUT2D eigenvalue weighted by molar-refractivity contribution is -0.143. The summed E-state index contributed by atoms with van der Waals surface area (Å²) in [7, 11) is 0. The van der Waals surface area contributed by atoms with Gasteiger partial charge in [0.1, 0.15) is 18.2 Å². The molecule has 0 saturated carbocycles. The zero-order valence-corrected chi connectivity index (χ0v) is 22.8. The molecule has 7 nitrogen and oxygen atoms in total. The van der Waals surface area contributed by atoms with Gasteiger partial charge in [0.15, 0.2) is 0 Å². The number of alkyl carbamates (subject to hydrolysis) is 1. The Kier molecular flexibility index (Phi) is 10.8. The smallest absolute Gasteiger partial charge is 0.408 e. The lowest BCUT2D eigenvalue weighted by atomic mass is 9.96. The Hall–Kier alpha value is -3.01. The van der Waals surface area contributed by atoms with Crippen molar-refractivity contribution in [1.29, 1.82) is 0 Å². The van der Waals surface area contributed by atoms with Crippen LogP contribution in [0.3, 0.4) is 0 Å². The van der Waals surface area contributed by atoms with Gasteiger partial charge in [0.2, 0.25) is 11.8 Å². The van der Waals surface area contributed by atoms with Crippen molar-refractivity contribution in [2.45, 2.75) is 98.4 Å². The normalized spacial score (nSPS) is 13.4. The molecule has 0 radical (unpaired) electrons. The maximum Gasteiger partial charge on any atom is 0.408 e. The van der Waals surface area contributed by atoms with Gasteiger partial charge in [-0.3, -0.25) is 9.59 Å². The van der Waals surface area contributed by atoms with Gasteiger partial charge in [0, 0.05) is 17.1 Å². The molecule has 1 aromatic rings. The van der Waals surface area contributed by atoms with Gasteiger partial charge in [0.05, 0.1) is 0 Å². The molecule has 0 fully saturated rings. The fraction of sp³-hybridized carbons (Fsp3) is 0.607. The highest BCUT2D eigenvalue weighted by Gasteiger charge is 2.36. The minimum absolute atomic E-state index is 0.256. The molecular weight excluding hydrogens is 442 g/mol. The minimum atomic E-state index is -0.892. The fourth-order valence-corrected chi connectivity index (χ4v) is 3.55. The third-order valence-corrected chi connectivity index (χ3v) is 5.13. The summed E-state index contributed by atoms with van der Waals surface area (Å²) in [5, 5.41) is 5.55. The number of hydrogen-bond donors (Lipinski definition) is 2. The highest BCUT2D eigenvalue weighted by molar-refractivity contribution is 5.91. The van der Waals surface area contributed by atoms with E-state index in [-0.39, 0.29) is 24.4 Å². The van der Waals surface area contributed by atoms with Crippen molar-refractivity contribution in [3.63, 3.8) is 0 Å². The molecule has 0 aromatic heterocycles. The van der Waals surface area contributed by atoms with Crippen LogP contribution in [0.4, 0.5) is 4.79 Å². The van der Waals surface area contributed by atoms with Crippen LogP contribution in [0.1, 0.15) is 92.3 Å². The first-order valence-corrected chi connectivity index (χ1v) is 12.2. The maximum absolute atomic E-state index is 13.6. The van der Waals surface area contributed by atoms with E-state index in [2.05, 4.69) is 30.4 Å². The summed E-state index contributed by atoms with van der Waals surface area (Å²) >= 11 is 0. The van der Waals surface area contributed by atoms with Crippen LogP contribution in [-0.4, -0.2) is 46.5 Å². The predicted octanol–water partition coefficient (Wildman–Crippen LogP) is 4.80. The quantitative estimate of drug-likeness (QED) is 0.492. The number of nitrogens with one attached hydrogen (secondary N) is 2. The van der Waals surface area contributed by atoms with Crippen LogP contribution in [0.25, 0.3) is 0 Å². The van der Waals surface area contributed by atoms with E-state index >= 15 is 0 Å². The lowest BCUT2D eigenvalue weighted by Crippen LogP contribution is -2.53. The monoisotopic (exact) mass is 485 g/mol. The van der Waals surface area contributed by atoms with Gasteiger partial charge >= 0.3 is 6.09 Å². The Morgan fingerprint density at radius 3 is 2.03 bits per heavy atom. The highest BCUT2D eigenvalue weighted by atomic mass is 16.6. The van der Waals surface area contributed by atoms with E-state index in [9.17, 15) is 14.4 Å². The molecule has 2 atom stereocenters. The Balaban J connectivity index is 3.39. The van der Waals surface area contributed by atoms with Crippen LogP contribution < -0.4 is 10.6 Å². The maximum atomic E-state index is 13.6. The third-order valence-electron chi connectivity index (χ3n) is 5.13. The van der Waals surface area contributed by atoms with E-state index < -0.39 is 23.3 Å². The molecule has 2 unspecified atom stereocenters. The van der Waals surface area contributed by atoms with E-state index in [1.54, 1.807) is 49.9 Å². The summed E-state index contributed by atoms with van der Waals surface area (Å²) in [4.78, 5) is 40.9. The van der Waals surface area contributed by atoms with Crippen LogP contribution in [0.5, 0.6) is 0 Å². The average molecular weight is 486 g/mol. The van der Waals surface area contributed by atoms with Crippen LogP contribution >= 0.6 is 0 Å². The summed E-state index contributed by atoms with van der Waals surface area (Å²) in [6.07, 6.45) is 6.41. The summed E-state index contributed by atoms with van der Waals surface area (Å²) in [6.45, 7) is 16.8. The fourth-order valence-electron chi connectivity index (χ4n) is 3.55. The number of benzene rings is 1. The SMILES string of the molecule is C#Cc1ccc(C(C(=O)NC(C)(C)C)N(C(=O)CNC(=O)OC(C)(C)C)C(C)CCC(C)C)cc1. The van der Waals surface area contributed by atoms with Crippen molar-refractivity contribution in [2.75, 3.05) is 6.54 Å². The van der Waals surface area contributed by atoms with Crippen LogP contribution in [0, 0.1) is 18.3 Å². The molecule has 0 spiro atoms. The zero-order valence-electron chi connectivity index (χ0n) is 22.8. The van der Waals surface area contributed by atoms with Crippen LogP contribution in [0.2, 0.25) is 0 Å². The topological polar surface area (TPSA) is 87.7 Å². The third kappa shape index (κ3) is 10.9. The Morgan fingerprint density at radius 1 is 1.00 bits per heavy atom. The molecular formula is C28H43N3O4. The summed E-state index contributed by atoms with van der Waals surface area (Å²) in [6, 6.07) is 5.92. The molecule has 7 heteroatoms. The lowest BCUT2D eigenvalue weighted by Gasteiger charge is -2.38. The van der Waals surface area contributed by atoms with Crippen molar-refractivity contribution >= 4 is 17.9 Å². The molecule has 0 bridgehead atoms. The second kappa shape index (κ2) is 12.6. The average Bonchev–Trinajstić information content (AvgIpc) is 2.71. The Bertz CT molecular complexity index is 902. The van der Waals surface area contributed by atoms with Gasteiger partial charge < -0.3 is 20.3 Å². The minimum Gasteiger partial charge on any atom is -0.444 e. The summed E-state index contributed by atoms with van der Waals surface area (Å²) in [5.41, 5.74) is 0.137. The predicted molar refractivity (Wildman–Crippen MR) is 140 cm³/mol. The van der Waals surface area contributed by atoms with Gasteiger partial charge in [-0.2, -0.15) is 0 Å². The van der Waals surface area contributed by atoms with Gasteiger partial charge in [-0.15, -0.1) is 6.42 Å². The van der Waals surface area contributed by atoms with Crippen molar-refractivity contribution in [3.05, 3.63) is 35.4 Å². The second-order valence-corrected chi connectivity index (χ2v) is 11.4. The van der Waals surface area contributed by atoms with Crippen molar-refractivity contribution in [2.24, 2.45) is 5.92 Å². The van der Waals surface area contributed by atoms with Gasteiger partial charge in [-0.05, 0) is 84.9 Å². The van der Waals surface area contributed by atoms with Crippen LogP contribution in [0.15, 0.2) is 24.3 Å². The number of amides is 3. The van der Waals surface area contributed by atoms with Gasteiger partial charge in [-0.25, -0.2) is 4.79 Å². The first kappa shape index (κ1) is 30.0. The molecule has 1 aromatic carbocycles. The molecule has 194 valence electrons. The number of terminal acetylenes is 1. The molecule has 2 N–H and O–H groups in total. The number of rotatable bonds is 9. The molecule has 35 heavy (non-hydrogen) atoms. The molecule has 0 aliphatic heterocycles. The van der Waals surface area contributed by atoms with Crippen molar-refractivity contribution in [3.8, 4) is 12.3 Å². The number of carbonyl (C=O) groups is 3. The standard InChI is InChI=1S/C28H43N3O4/c1-11-21-14-16-22(17-15-21)24(25(33)30-27(5,6)7)31(20(4)13-12-19(2)3)23(32)18-29-26(34)35-28(8,9)10/h1,14-17,19-20,24H,12-13,18H2,2-10H3,(H,29,34)(H,30,33). The second-order valence-electron chi connectivity index (χ2n) is 11.4. The first-order chi connectivity index (χ1) is 16.0. The van der Waals surface area contributed by atoms with Gasteiger partial charge in [-0.1, -0.05) is 31.9 Å². The van der Waals surface area contributed by atoms with E-state index in [0.717, 1.165) is 6.42 Å². The number of nitrogens with zero attached hydrogens (tertiary/aromatic N) is 1. The highest BCUT2D eigenvalue weighted by Crippen LogP contribution is 2.27. The zero-order chi connectivity index (χ0) is 27.0. The molecule has 0 aliphatic rings. The number of carbonyl (C=O) groups excluding carboxylic acids is 3. The Labute approximate surface area is 211 Å². The van der Waals surface area contributed by atoms with E-state index in [1.807, 2.05) is 27.7 Å². The molecule has 3 amide bonds. The van der Waals surface area contributed by atoms with E-state index in [4.69, 9.17) is 11.2 Å². The van der Waals surface area contributed by atoms with E-state index in [1.165, 1.54) is 0 Å². The summed E-state index contributed by atoms with van der Waals surface area (Å²) in [5.74, 6) is 2.34. The molecule has 0 saturated heterocycles. The molecule has 0 aliphatic carbocycles. The largest absolute Gasteiger partial charge is 0.444 e. The summed E-state index contributed by atoms with van der Waals surface area (Å²) < 4.78 is 5.27. The Morgan fingerprint density at radius 2 is 1.57 bits per heavy atom. The number of ether oxygens (including phenoxy) is 1. The molecule has 1 rings (SSSR count). The van der Waals surface area contributed by atoms with Crippen LogP contribution in [-0.2, 0) is 14.3 Å². The molecule has 0 heterocycles.